The van der Waals surface area contributed by atoms with Crippen LogP contribution in [0.5, 0.6) is 17.2 Å². The van der Waals surface area contributed by atoms with E-state index >= 15 is 0 Å². The van der Waals surface area contributed by atoms with Gasteiger partial charge in [0.15, 0.2) is 11.5 Å². The van der Waals surface area contributed by atoms with Crippen molar-refractivity contribution in [1.29, 1.82) is 0 Å². The molecular weight excluding hydrogens is 288 g/mol. The number of nitrogens with zero attached hydrogens (tertiary/aromatic N) is 1. The molecule has 5 nitrogen and oxygen atoms in total. The van der Waals surface area contributed by atoms with Gasteiger partial charge in [0.05, 0.1) is 10.2 Å². The molecule has 2 aromatic carbocycles. The Labute approximate surface area is 125 Å². The van der Waals surface area contributed by atoms with E-state index in [0.717, 1.165) is 15.2 Å². The average molecular weight is 302 g/mol. The monoisotopic (exact) mass is 302 g/mol. The first kappa shape index (κ1) is 13.7. The van der Waals surface area contributed by atoms with Gasteiger partial charge in [-0.25, -0.2) is 4.98 Å². The van der Waals surface area contributed by atoms with Gasteiger partial charge >= 0.3 is 0 Å². The molecule has 0 bridgehead atoms. The number of fused-ring (bicyclic) bond motifs is 1. The van der Waals surface area contributed by atoms with E-state index in [9.17, 15) is 15.3 Å². The summed E-state index contributed by atoms with van der Waals surface area (Å²) in [5.41, 5.74) is 1.50. The van der Waals surface area contributed by atoms with Gasteiger partial charge < -0.3 is 20.6 Å². The van der Waals surface area contributed by atoms with Crippen LogP contribution in [-0.2, 0) is 13.1 Å². The standard InChI is InChI=1S/C15H14N2O3S/c18-11-6-5-9(14(19)15(11)20)7-16-8-13-17-10-3-1-2-4-12(10)21-13/h1-6,16,18-20H,7-8H2. The Morgan fingerprint density at radius 2 is 1.76 bits per heavy atom. The fourth-order valence-electron chi connectivity index (χ4n) is 2.05. The molecule has 0 radical (unpaired) electrons. The summed E-state index contributed by atoms with van der Waals surface area (Å²) < 4.78 is 1.14. The Hall–Kier alpha value is -2.31. The van der Waals surface area contributed by atoms with Crippen molar-refractivity contribution in [2.45, 2.75) is 13.1 Å². The minimum Gasteiger partial charge on any atom is -0.504 e. The lowest BCUT2D eigenvalue weighted by atomic mass is 10.1. The number of nitrogens with one attached hydrogen (secondary N) is 1. The molecule has 0 atom stereocenters. The highest BCUT2D eigenvalue weighted by Gasteiger charge is 2.10. The largest absolute Gasteiger partial charge is 0.504 e. The number of rotatable bonds is 4. The smallest absolute Gasteiger partial charge is 0.200 e. The van der Waals surface area contributed by atoms with Crippen molar-refractivity contribution in [1.82, 2.24) is 10.3 Å². The minimum absolute atomic E-state index is 0.299. The average Bonchev–Trinajstić information content (AvgIpc) is 2.90. The van der Waals surface area contributed by atoms with Gasteiger partial charge in [-0.1, -0.05) is 18.2 Å². The van der Waals surface area contributed by atoms with Crippen molar-refractivity contribution in [3.8, 4) is 17.2 Å². The summed E-state index contributed by atoms with van der Waals surface area (Å²) in [5, 5.41) is 32.6. The number of hydrogen-bond donors (Lipinski definition) is 4. The highest BCUT2D eigenvalue weighted by Crippen LogP contribution is 2.36. The zero-order chi connectivity index (χ0) is 14.8. The minimum atomic E-state index is -0.491. The van der Waals surface area contributed by atoms with E-state index in [1.54, 1.807) is 17.4 Å². The highest BCUT2D eigenvalue weighted by atomic mass is 32.1. The van der Waals surface area contributed by atoms with Crippen LogP contribution in [0.4, 0.5) is 0 Å². The number of thiazole rings is 1. The number of aromatic nitrogens is 1. The second-order valence-electron chi connectivity index (χ2n) is 4.62. The van der Waals surface area contributed by atoms with E-state index in [4.69, 9.17) is 0 Å². The maximum absolute atomic E-state index is 9.73. The van der Waals surface area contributed by atoms with Gasteiger partial charge in [-0.05, 0) is 18.2 Å². The third-order valence-electron chi connectivity index (χ3n) is 3.14. The summed E-state index contributed by atoms with van der Waals surface area (Å²) in [4.78, 5) is 4.50. The van der Waals surface area contributed by atoms with E-state index in [0.29, 0.717) is 18.7 Å². The molecule has 0 aliphatic heterocycles. The van der Waals surface area contributed by atoms with Crippen LogP contribution in [0, 0.1) is 0 Å². The first-order chi connectivity index (χ1) is 10.1. The number of para-hydroxylation sites is 1. The predicted molar refractivity (Wildman–Crippen MR) is 81.6 cm³/mol. The Bertz CT molecular complexity index is 753. The highest BCUT2D eigenvalue weighted by molar-refractivity contribution is 7.18. The number of hydrogen-bond acceptors (Lipinski definition) is 6. The molecule has 0 fully saturated rings. The molecule has 0 aliphatic rings. The summed E-state index contributed by atoms with van der Waals surface area (Å²) >= 11 is 1.62. The first-order valence-corrected chi connectivity index (χ1v) is 7.25. The summed E-state index contributed by atoms with van der Waals surface area (Å²) in [6.07, 6.45) is 0. The molecule has 1 aromatic heterocycles. The Morgan fingerprint density at radius 3 is 2.57 bits per heavy atom. The molecule has 4 N–H and O–H groups in total. The second-order valence-corrected chi connectivity index (χ2v) is 5.74. The van der Waals surface area contributed by atoms with Gasteiger partial charge in [-0.3, -0.25) is 0 Å². The van der Waals surface area contributed by atoms with Gasteiger partial charge in [0.2, 0.25) is 5.75 Å². The van der Waals surface area contributed by atoms with E-state index in [-0.39, 0.29) is 11.5 Å². The summed E-state index contributed by atoms with van der Waals surface area (Å²) in [6, 6.07) is 10.9. The van der Waals surface area contributed by atoms with E-state index < -0.39 is 5.75 Å². The maximum atomic E-state index is 9.73. The van der Waals surface area contributed by atoms with E-state index in [2.05, 4.69) is 10.3 Å². The lowest BCUT2D eigenvalue weighted by Gasteiger charge is -2.08. The quantitative estimate of drug-likeness (QED) is 0.557. The summed E-state index contributed by atoms with van der Waals surface area (Å²) in [7, 11) is 0. The fourth-order valence-corrected chi connectivity index (χ4v) is 2.99. The molecule has 0 unspecified atom stereocenters. The molecule has 0 saturated carbocycles. The van der Waals surface area contributed by atoms with Crippen LogP contribution in [0.15, 0.2) is 36.4 Å². The molecule has 3 rings (SSSR count). The molecule has 1 heterocycles. The number of benzene rings is 2. The molecule has 108 valence electrons. The van der Waals surface area contributed by atoms with Crippen LogP contribution in [0.1, 0.15) is 10.6 Å². The SMILES string of the molecule is Oc1ccc(CNCc2nc3ccccc3s2)c(O)c1O. The van der Waals surface area contributed by atoms with Crippen LogP contribution in [-0.4, -0.2) is 20.3 Å². The molecule has 0 spiro atoms. The predicted octanol–water partition coefficient (Wildman–Crippen LogP) is 2.70. The molecular formula is C15H14N2O3S. The number of aromatic hydroxyl groups is 3. The zero-order valence-electron chi connectivity index (χ0n) is 11.1. The summed E-state index contributed by atoms with van der Waals surface area (Å²) in [6.45, 7) is 0.940. The van der Waals surface area contributed by atoms with Crippen molar-refractivity contribution in [2.24, 2.45) is 0 Å². The molecule has 21 heavy (non-hydrogen) atoms. The van der Waals surface area contributed by atoms with Gasteiger partial charge in [0.1, 0.15) is 5.01 Å². The Kier molecular flexibility index (Phi) is 3.64. The third kappa shape index (κ3) is 2.76. The van der Waals surface area contributed by atoms with Crippen molar-refractivity contribution in [3.05, 3.63) is 47.0 Å². The van der Waals surface area contributed by atoms with Crippen molar-refractivity contribution in [2.75, 3.05) is 0 Å². The summed E-state index contributed by atoms with van der Waals surface area (Å²) in [5.74, 6) is -1.12. The van der Waals surface area contributed by atoms with Crippen LogP contribution in [0.3, 0.4) is 0 Å². The van der Waals surface area contributed by atoms with Crippen molar-refractivity contribution < 1.29 is 15.3 Å². The topological polar surface area (TPSA) is 85.6 Å². The van der Waals surface area contributed by atoms with Crippen LogP contribution >= 0.6 is 11.3 Å². The van der Waals surface area contributed by atoms with Gasteiger partial charge in [0.25, 0.3) is 0 Å². The normalized spacial score (nSPS) is 11.0. The maximum Gasteiger partial charge on any atom is 0.200 e. The van der Waals surface area contributed by atoms with Gasteiger partial charge in [-0.2, -0.15) is 0 Å². The Balaban J connectivity index is 1.67. The lowest BCUT2D eigenvalue weighted by molar-refractivity contribution is 0.364. The zero-order valence-corrected chi connectivity index (χ0v) is 11.9. The fraction of sp³-hybridized carbons (Fsp3) is 0.133. The van der Waals surface area contributed by atoms with Crippen LogP contribution < -0.4 is 5.32 Å². The molecule has 0 saturated heterocycles. The number of phenols is 3. The number of phenolic OH excluding ortho intramolecular Hbond substituents is 3. The molecule has 3 aromatic rings. The van der Waals surface area contributed by atoms with Crippen molar-refractivity contribution >= 4 is 21.6 Å². The van der Waals surface area contributed by atoms with Crippen molar-refractivity contribution in [3.63, 3.8) is 0 Å². The third-order valence-corrected chi connectivity index (χ3v) is 4.18. The second kappa shape index (κ2) is 5.59. The van der Waals surface area contributed by atoms with Gasteiger partial charge in [-0.15, -0.1) is 11.3 Å². The molecule has 0 aliphatic carbocycles. The first-order valence-electron chi connectivity index (χ1n) is 6.43. The molecule has 6 heteroatoms. The Morgan fingerprint density at radius 1 is 0.952 bits per heavy atom. The van der Waals surface area contributed by atoms with E-state index in [1.165, 1.54) is 6.07 Å². The molecule has 0 amide bonds. The van der Waals surface area contributed by atoms with Crippen LogP contribution in [0.25, 0.3) is 10.2 Å². The van der Waals surface area contributed by atoms with Crippen LogP contribution in [0.2, 0.25) is 0 Å². The van der Waals surface area contributed by atoms with Gasteiger partial charge in [0, 0.05) is 18.7 Å². The van der Waals surface area contributed by atoms with E-state index in [1.807, 2.05) is 24.3 Å². The lowest BCUT2D eigenvalue weighted by Crippen LogP contribution is -2.12.